The molecular formula is C24H26FN5O5. The number of hydrogen-bond acceptors (Lipinski definition) is 9. The lowest BCUT2D eigenvalue weighted by Crippen LogP contribution is -2.50. The van der Waals surface area contributed by atoms with E-state index in [1.54, 1.807) is 24.0 Å². The number of amides is 1. The van der Waals surface area contributed by atoms with Gasteiger partial charge in [-0.1, -0.05) is 17.3 Å². The van der Waals surface area contributed by atoms with Crippen molar-refractivity contribution in [2.75, 3.05) is 26.1 Å². The van der Waals surface area contributed by atoms with Crippen molar-refractivity contribution in [3.63, 3.8) is 0 Å². The van der Waals surface area contributed by atoms with Crippen LogP contribution >= 0.6 is 0 Å². The summed E-state index contributed by atoms with van der Waals surface area (Å²) in [7, 11) is 2.73. The summed E-state index contributed by atoms with van der Waals surface area (Å²) in [6.07, 6.45) is 2.88. The maximum absolute atomic E-state index is 15.0. The lowest BCUT2D eigenvalue weighted by Gasteiger charge is -2.39. The predicted molar refractivity (Wildman–Crippen MR) is 124 cm³/mol. The third-order valence-corrected chi connectivity index (χ3v) is 6.00. The van der Waals surface area contributed by atoms with Gasteiger partial charge < -0.3 is 24.2 Å². The molecule has 3 aromatic rings. The Kier molecular flexibility index (Phi) is 6.94. The first-order valence-corrected chi connectivity index (χ1v) is 11.1. The number of carbonyl (C=O) groups excluding carboxylic acids is 2. The zero-order valence-electron chi connectivity index (χ0n) is 19.9. The number of nitrogens with one attached hydrogen (secondary N) is 1. The summed E-state index contributed by atoms with van der Waals surface area (Å²) in [4.78, 5) is 36.0. The zero-order valence-corrected chi connectivity index (χ0v) is 19.9. The number of methoxy groups -OCH3 is 2. The molecule has 0 aliphatic carbocycles. The lowest BCUT2D eigenvalue weighted by molar-refractivity contribution is 0.0590. The van der Waals surface area contributed by atoms with E-state index in [9.17, 15) is 14.0 Å². The fourth-order valence-corrected chi connectivity index (χ4v) is 4.20. The number of benzene rings is 1. The van der Waals surface area contributed by atoms with Gasteiger partial charge in [0.1, 0.15) is 22.9 Å². The van der Waals surface area contributed by atoms with Crippen molar-refractivity contribution in [1.29, 1.82) is 0 Å². The fraction of sp³-hybridized carbons (Fsp3) is 0.375. The summed E-state index contributed by atoms with van der Waals surface area (Å²) in [6.45, 7) is 3.80. The molecule has 184 valence electrons. The number of aromatic nitrogens is 3. The smallest absolute Gasteiger partial charge is 0.345 e. The van der Waals surface area contributed by atoms with Gasteiger partial charge in [-0.15, -0.1) is 0 Å². The second-order valence-electron chi connectivity index (χ2n) is 8.25. The van der Waals surface area contributed by atoms with Gasteiger partial charge in [0, 0.05) is 37.3 Å². The number of nitrogens with zero attached hydrogens (tertiary/aromatic N) is 4. The highest BCUT2D eigenvalue weighted by Crippen LogP contribution is 2.30. The molecular weight excluding hydrogens is 457 g/mol. The Morgan fingerprint density at radius 1 is 1.20 bits per heavy atom. The second kappa shape index (κ2) is 10.1. The van der Waals surface area contributed by atoms with Crippen LogP contribution in [0.1, 0.15) is 46.4 Å². The zero-order chi connectivity index (χ0) is 25.1. The van der Waals surface area contributed by atoms with Gasteiger partial charge in [-0.3, -0.25) is 4.79 Å². The number of ether oxygens (including phenoxy) is 2. The Balaban J connectivity index is 1.62. The van der Waals surface area contributed by atoms with E-state index in [0.717, 1.165) is 0 Å². The molecule has 35 heavy (non-hydrogen) atoms. The Morgan fingerprint density at radius 3 is 2.69 bits per heavy atom. The van der Waals surface area contributed by atoms with Crippen molar-refractivity contribution in [1.82, 2.24) is 20.0 Å². The second-order valence-corrected chi connectivity index (χ2v) is 8.25. The number of carbonyl (C=O) groups is 2. The molecule has 0 saturated carbocycles. The summed E-state index contributed by atoms with van der Waals surface area (Å²) in [5.41, 5.74) is 0.310. The van der Waals surface area contributed by atoms with Crippen LogP contribution in [0.5, 0.6) is 5.75 Å². The number of aryl methyl sites for hydroxylation is 1. The first kappa shape index (κ1) is 24.1. The van der Waals surface area contributed by atoms with Crippen molar-refractivity contribution in [3.05, 3.63) is 53.3 Å². The molecule has 1 N–H and O–H groups in total. The maximum Gasteiger partial charge on any atom is 0.345 e. The first-order valence-electron chi connectivity index (χ1n) is 11.1. The molecule has 1 aromatic carbocycles. The van der Waals surface area contributed by atoms with Gasteiger partial charge in [0.2, 0.25) is 11.7 Å². The number of esters is 1. The van der Waals surface area contributed by atoms with Gasteiger partial charge in [-0.25, -0.2) is 14.2 Å². The first-order chi connectivity index (χ1) is 16.8. The van der Waals surface area contributed by atoms with Crippen molar-refractivity contribution in [3.8, 4) is 17.1 Å². The van der Waals surface area contributed by atoms with Crippen LogP contribution in [0.15, 0.2) is 35.0 Å². The van der Waals surface area contributed by atoms with Gasteiger partial charge in [0.05, 0.1) is 19.8 Å². The van der Waals surface area contributed by atoms with E-state index < -0.39 is 17.7 Å². The fourth-order valence-electron chi connectivity index (χ4n) is 4.20. The van der Waals surface area contributed by atoms with E-state index in [2.05, 4.69) is 20.4 Å². The summed E-state index contributed by atoms with van der Waals surface area (Å²) in [6, 6.07) is 5.50. The number of hydrogen-bond donors (Lipinski definition) is 1. The van der Waals surface area contributed by atoms with E-state index in [4.69, 9.17) is 14.0 Å². The monoisotopic (exact) mass is 483 g/mol. The number of likely N-dealkylation sites (tertiary alicyclic amines) is 1. The van der Waals surface area contributed by atoms with Crippen LogP contribution in [-0.4, -0.2) is 64.7 Å². The summed E-state index contributed by atoms with van der Waals surface area (Å²) >= 11 is 0. The Hall–Kier alpha value is -4.02. The van der Waals surface area contributed by atoms with Gasteiger partial charge in [-0.05, 0) is 31.9 Å². The summed E-state index contributed by atoms with van der Waals surface area (Å²) in [5.74, 6) is -0.680. The molecule has 2 aromatic heterocycles. The van der Waals surface area contributed by atoms with Crippen LogP contribution < -0.4 is 10.1 Å². The van der Waals surface area contributed by atoms with Crippen molar-refractivity contribution in [2.45, 2.75) is 38.8 Å². The van der Waals surface area contributed by atoms with E-state index in [0.29, 0.717) is 24.5 Å². The maximum atomic E-state index is 15.0. The average Bonchev–Trinajstić information content (AvgIpc) is 3.30. The molecule has 1 amide bonds. The molecule has 11 heteroatoms. The van der Waals surface area contributed by atoms with E-state index in [1.165, 1.54) is 32.5 Å². The van der Waals surface area contributed by atoms with Crippen LogP contribution in [0, 0.1) is 12.7 Å². The van der Waals surface area contributed by atoms with Gasteiger partial charge in [0.25, 0.3) is 5.91 Å². The lowest BCUT2D eigenvalue weighted by atomic mass is 9.96. The predicted octanol–water partition coefficient (Wildman–Crippen LogP) is 3.48. The molecule has 0 spiro atoms. The molecule has 1 fully saturated rings. The molecule has 10 nitrogen and oxygen atoms in total. The Bertz CT molecular complexity index is 1250. The van der Waals surface area contributed by atoms with E-state index in [-0.39, 0.29) is 47.0 Å². The minimum Gasteiger partial charge on any atom is -0.496 e. The molecule has 2 unspecified atom stereocenters. The quantitative estimate of drug-likeness (QED) is 0.526. The van der Waals surface area contributed by atoms with Crippen molar-refractivity contribution < 1.29 is 28.0 Å². The Labute approximate surface area is 201 Å². The number of pyridine rings is 1. The summed E-state index contributed by atoms with van der Waals surface area (Å²) < 4.78 is 30.2. The molecule has 0 bridgehead atoms. The minimum atomic E-state index is -0.667. The number of piperidine rings is 1. The molecule has 0 radical (unpaired) electrons. The normalized spacial score (nSPS) is 17.7. The molecule has 3 heterocycles. The van der Waals surface area contributed by atoms with Crippen molar-refractivity contribution >= 4 is 17.7 Å². The molecule has 1 aliphatic heterocycles. The topological polar surface area (TPSA) is 120 Å². The molecule has 1 saturated heterocycles. The van der Waals surface area contributed by atoms with Crippen LogP contribution in [0.25, 0.3) is 11.4 Å². The van der Waals surface area contributed by atoms with Crippen LogP contribution in [0.4, 0.5) is 10.2 Å². The van der Waals surface area contributed by atoms with Gasteiger partial charge >= 0.3 is 5.97 Å². The standard InChI is InChI=1S/C24H26FN5O5/c1-13-8-9-15(28-22-20(24(32)34-4)18(33-3)10-11-26-22)12-30(13)23(31)19-16(6-5-7-17(19)25)21-27-14(2)35-29-21/h5-7,10-11,13,15H,8-9,12H2,1-4H3,(H,26,28). The van der Waals surface area contributed by atoms with Crippen LogP contribution in [0.3, 0.4) is 0 Å². The highest BCUT2D eigenvalue weighted by atomic mass is 19.1. The van der Waals surface area contributed by atoms with E-state index >= 15 is 0 Å². The molecule has 2 atom stereocenters. The highest BCUT2D eigenvalue weighted by molar-refractivity contribution is 6.01. The molecule has 4 rings (SSSR count). The SMILES string of the molecule is COC(=O)c1c(OC)ccnc1NC1CCC(C)N(C(=O)c2c(F)cccc2-c2noc(C)n2)C1. The minimum absolute atomic E-state index is 0.115. The Morgan fingerprint density at radius 2 is 2.00 bits per heavy atom. The third-order valence-electron chi connectivity index (χ3n) is 6.00. The number of anilines is 1. The average molecular weight is 484 g/mol. The third kappa shape index (κ3) is 4.79. The number of rotatable bonds is 6. The summed E-state index contributed by atoms with van der Waals surface area (Å²) in [5, 5.41) is 7.10. The van der Waals surface area contributed by atoms with Gasteiger partial charge in [0.15, 0.2) is 0 Å². The van der Waals surface area contributed by atoms with Crippen LogP contribution in [-0.2, 0) is 4.74 Å². The number of halogens is 1. The van der Waals surface area contributed by atoms with E-state index in [1.807, 2.05) is 6.92 Å². The molecule has 1 aliphatic rings. The highest BCUT2D eigenvalue weighted by Gasteiger charge is 2.34. The van der Waals surface area contributed by atoms with Gasteiger partial charge in [-0.2, -0.15) is 4.98 Å². The largest absolute Gasteiger partial charge is 0.496 e. The van der Waals surface area contributed by atoms with Crippen molar-refractivity contribution in [2.24, 2.45) is 0 Å². The van der Waals surface area contributed by atoms with Crippen LogP contribution in [0.2, 0.25) is 0 Å².